The second-order valence-corrected chi connectivity index (χ2v) is 3.70. The molecular weight excluding hydrogens is 198 g/mol. The molecule has 2 rings (SSSR count). The topological polar surface area (TPSA) is 61.0 Å². The van der Waals surface area contributed by atoms with Crippen LogP contribution in [0, 0.1) is 0 Å². The highest BCUT2D eigenvalue weighted by molar-refractivity contribution is 7.09. The van der Waals surface area contributed by atoms with Crippen LogP contribution in [0.1, 0.15) is 4.88 Å². The molecule has 2 aromatic heterocycles. The van der Waals surface area contributed by atoms with Crippen LogP contribution in [0.5, 0.6) is 6.01 Å². The number of nitrogens with two attached hydrogens (primary N) is 1. The fourth-order valence-electron chi connectivity index (χ4n) is 0.931. The van der Waals surface area contributed by atoms with Gasteiger partial charge in [0.1, 0.15) is 6.61 Å². The molecule has 2 N–H and O–H groups in total. The molecule has 0 fully saturated rings. The zero-order valence-corrected chi connectivity index (χ0v) is 8.20. The molecule has 4 nitrogen and oxygen atoms in total. The third-order valence-electron chi connectivity index (χ3n) is 1.57. The molecule has 0 aromatic carbocycles. The Bertz CT molecular complexity index is 385. The maximum absolute atomic E-state index is 5.44. The second kappa shape index (κ2) is 4.06. The Morgan fingerprint density at radius 3 is 2.79 bits per heavy atom. The highest BCUT2D eigenvalue weighted by Crippen LogP contribution is 2.11. The zero-order chi connectivity index (χ0) is 9.80. The monoisotopic (exact) mass is 207 g/mol. The quantitative estimate of drug-likeness (QED) is 0.832. The molecule has 0 aliphatic heterocycles. The van der Waals surface area contributed by atoms with Crippen molar-refractivity contribution in [2.45, 2.75) is 6.61 Å². The van der Waals surface area contributed by atoms with Gasteiger partial charge in [0.25, 0.3) is 0 Å². The summed E-state index contributed by atoms with van der Waals surface area (Å²) in [5.41, 5.74) is 5.97. The van der Waals surface area contributed by atoms with E-state index in [2.05, 4.69) is 9.97 Å². The molecule has 0 spiro atoms. The van der Waals surface area contributed by atoms with Crippen LogP contribution < -0.4 is 10.5 Å². The van der Waals surface area contributed by atoms with Crippen molar-refractivity contribution in [2.24, 2.45) is 0 Å². The van der Waals surface area contributed by atoms with Gasteiger partial charge in [0.05, 0.1) is 18.1 Å². The molecule has 0 amide bonds. The van der Waals surface area contributed by atoms with E-state index in [-0.39, 0.29) is 0 Å². The lowest BCUT2D eigenvalue weighted by Crippen LogP contribution is -1.98. The number of rotatable bonds is 3. The average molecular weight is 207 g/mol. The summed E-state index contributed by atoms with van der Waals surface area (Å²) >= 11 is 1.64. The molecule has 2 aromatic rings. The lowest BCUT2D eigenvalue weighted by molar-refractivity contribution is 0.284. The van der Waals surface area contributed by atoms with Crippen molar-refractivity contribution in [3.05, 3.63) is 34.8 Å². The predicted octanol–water partition coefficient (Wildman–Crippen LogP) is 1.70. The standard InChI is InChI=1S/C9H9N3OS/c10-7-4-11-9(12-5-7)13-6-8-2-1-3-14-8/h1-5H,6,10H2. The number of anilines is 1. The highest BCUT2D eigenvalue weighted by Gasteiger charge is 1.98. The Hall–Kier alpha value is -1.62. The van der Waals surface area contributed by atoms with Gasteiger partial charge in [-0.25, -0.2) is 9.97 Å². The van der Waals surface area contributed by atoms with E-state index in [9.17, 15) is 0 Å². The molecule has 14 heavy (non-hydrogen) atoms. The number of nitrogens with zero attached hydrogens (tertiary/aromatic N) is 2. The Balaban J connectivity index is 1.95. The molecular formula is C9H9N3OS. The number of ether oxygens (including phenoxy) is 1. The summed E-state index contributed by atoms with van der Waals surface area (Å²) in [6.45, 7) is 0.502. The third kappa shape index (κ3) is 2.20. The first-order valence-corrected chi connectivity index (χ1v) is 4.95. The summed E-state index contributed by atoms with van der Waals surface area (Å²) < 4.78 is 5.34. The smallest absolute Gasteiger partial charge is 0.316 e. The number of thiophene rings is 1. The first kappa shape index (κ1) is 8.96. The molecule has 0 aliphatic rings. The van der Waals surface area contributed by atoms with E-state index in [1.54, 1.807) is 11.3 Å². The van der Waals surface area contributed by atoms with Gasteiger partial charge < -0.3 is 10.5 Å². The summed E-state index contributed by atoms with van der Waals surface area (Å²) in [5.74, 6) is 0. The predicted molar refractivity (Wildman–Crippen MR) is 55.1 cm³/mol. The van der Waals surface area contributed by atoms with E-state index in [0.29, 0.717) is 18.3 Å². The van der Waals surface area contributed by atoms with Gasteiger partial charge in [-0.2, -0.15) is 0 Å². The zero-order valence-electron chi connectivity index (χ0n) is 7.38. The van der Waals surface area contributed by atoms with Crippen molar-refractivity contribution in [1.29, 1.82) is 0 Å². The summed E-state index contributed by atoms with van der Waals surface area (Å²) in [5, 5.41) is 2.00. The van der Waals surface area contributed by atoms with Crippen molar-refractivity contribution < 1.29 is 4.74 Å². The van der Waals surface area contributed by atoms with Crippen LogP contribution in [0.4, 0.5) is 5.69 Å². The summed E-state index contributed by atoms with van der Waals surface area (Å²) in [4.78, 5) is 8.99. The van der Waals surface area contributed by atoms with Gasteiger partial charge in [0.15, 0.2) is 0 Å². The maximum atomic E-state index is 5.44. The highest BCUT2D eigenvalue weighted by atomic mass is 32.1. The van der Waals surface area contributed by atoms with Gasteiger partial charge in [-0.1, -0.05) is 6.07 Å². The fourth-order valence-corrected chi connectivity index (χ4v) is 1.55. The summed E-state index contributed by atoms with van der Waals surface area (Å²) in [6.07, 6.45) is 3.05. The molecule has 2 heterocycles. The lowest BCUT2D eigenvalue weighted by atomic mass is 10.5. The minimum Gasteiger partial charge on any atom is -0.458 e. The van der Waals surface area contributed by atoms with Crippen LogP contribution in [0.2, 0.25) is 0 Å². The Morgan fingerprint density at radius 1 is 1.36 bits per heavy atom. The van der Waals surface area contributed by atoms with Crippen molar-refractivity contribution in [2.75, 3.05) is 5.73 Å². The Kier molecular flexibility index (Phi) is 2.60. The van der Waals surface area contributed by atoms with Gasteiger partial charge >= 0.3 is 6.01 Å². The maximum Gasteiger partial charge on any atom is 0.316 e. The SMILES string of the molecule is Nc1cnc(OCc2cccs2)nc1. The first-order valence-electron chi connectivity index (χ1n) is 4.07. The van der Waals surface area contributed by atoms with Gasteiger partial charge in [-0.15, -0.1) is 11.3 Å². The van der Waals surface area contributed by atoms with E-state index in [1.807, 2.05) is 17.5 Å². The van der Waals surface area contributed by atoms with E-state index in [1.165, 1.54) is 12.4 Å². The van der Waals surface area contributed by atoms with Crippen LogP contribution >= 0.6 is 11.3 Å². The van der Waals surface area contributed by atoms with Gasteiger partial charge in [0.2, 0.25) is 0 Å². The average Bonchev–Trinajstić information content (AvgIpc) is 2.70. The molecule has 0 radical (unpaired) electrons. The van der Waals surface area contributed by atoms with Gasteiger partial charge in [0, 0.05) is 4.88 Å². The summed E-state index contributed by atoms with van der Waals surface area (Å²) in [7, 11) is 0. The molecule has 0 atom stereocenters. The van der Waals surface area contributed by atoms with Crippen molar-refractivity contribution in [1.82, 2.24) is 9.97 Å². The fraction of sp³-hybridized carbons (Fsp3) is 0.111. The van der Waals surface area contributed by atoms with Crippen molar-refractivity contribution in [3.8, 4) is 6.01 Å². The van der Waals surface area contributed by atoms with Crippen molar-refractivity contribution in [3.63, 3.8) is 0 Å². The lowest BCUT2D eigenvalue weighted by Gasteiger charge is -2.01. The summed E-state index contributed by atoms with van der Waals surface area (Å²) in [6, 6.07) is 4.34. The Labute approximate surface area is 85.4 Å². The second-order valence-electron chi connectivity index (χ2n) is 2.67. The molecule has 0 aliphatic carbocycles. The number of hydrogen-bond donors (Lipinski definition) is 1. The Morgan fingerprint density at radius 2 is 2.14 bits per heavy atom. The molecule has 0 saturated carbocycles. The molecule has 0 bridgehead atoms. The van der Waals surface area contributed by atoms with E-state index >= 15 is 0 Å². The van der Waals surface area contributed by atoms with Crippen molar-refractivity contribution >= 4 is 17.0 Å². The minimum absolute atomic E-state index is 0.354. The minimum atomic E-state index is 0.354. The number of hydrogen-bond acceptors (Lipinski definition) is 5. The first-order chi connectivity index (χ1) is 6.84. The largest absolute Gasteiger partial charge is 0.458 e. The molecule has 0 unspecified atom stereocenters. The van der Waals surface area contributed by atoms with Crippen LogP contribution in [-0.2, 0) is 6.61 Å². The normalized spacial score (nSPS) is 10.0. The van der Waals surface area contributed by atoms with Crippen LogP contribution in [0.15, 0.2) is 29.9 Å². The number of aromatic nitrogens is 2. The van der Waals surface area contributed by atoms with Gasteiger partial charge in [-0.05, 0) is 11.4 Å². The van der Waals surface area contributed by atoms with Crippen LogP contribution in [0.3, 0.4) is 0 Å². The molecule has 5 heteroatoms. The van der Waals surface area contributed by atoms with Crippen LogP contribution in [0.25, 0.3) is 0 Å². The van der Waals surface area contributed by atoms with E-state index in [4.69, 9.17) is 10.5 Å². The van der Waals surface area contributed by atoms with Crippen LogP contribution in [-0.4, -0.2) is 9.97 Å². The number of nitrogen functional groups attached to an aromatic ring is 1. The van der Waals surface area contributed by atoms with E-state index < -0.39 is 0 Å². The molecule has 0 saturated heterocycles. The third-order valence-corrected chi connectivity index (χ3v) is 2.42. The van der Waals surface area contributed by atoms with E-state index in [0.717, 1.165) is 4.88 Å². The molecule has 72 valence electrons. The van der Waals surface area contributed by atoms with Gasteiger partial charge in [-0.3, -0.25) is 0 Å².